The van der Waals surface area contributed by atoms with Crippen LogP contribution in [0.1, 0.15) is 18.2 Å². The highest BCUT2D eigenvalue weighted by Crippen LogP contribution is 2.03. The molecule has 1 rings (SSSR count). The highest BCUT2D eigenvalue weighted by atomic mass is 32.2. The van der Waals surface area contributed by atoms with Gasteiger partial charge in [-0.25, -0.2) is 0 Å². The lowest BCUT2D eigenvalue weighted by Crippen LogP contribution is -2.22. The topological polar surface area (TPSA) is 24.9 Å². The van der Waals surface area contributed by atoms with Gasteiger partial charge >= 0.3 is 0 Å². The first-order valence-corrected chi connectivity index (χ1v) is 6.16. The van der Waals surface area contributed by atoms with Crippen LogP contribution in [0.5, 0.6) is 0 Å². The van der Waals surface area contributed by atoms with Crippen LogP contribution in [0.2, 0.25) is 0 Å². The Bertz CT molecular complexity index is 258. The average Bonchev–Trinajstić information content (AvgIpc) is 2.21. The number of aryl methyl sites for hydroxylation is 1. The maximum Gasteiger partial charge on any atom is 0.0372 e. The third kappa shape index (κ3) is 4.11. The van der Waals surface area contributed by atoms with Gasteiger partial charge in [-0.3, -0.25) is 4.98 Å². The number of aromatic nitrogens is 1. The summed E-state index contributed by atoms with van der Waals surface area (Å²) < 4.78 is 0. The molecule has 0 aliphatic rings. The van der Waals surface area contributed by atoms with Crippen LogP contribution in [0.4, 0.5) is 0 Å². The zero-order valence-electron chi connectivity index (χ0n) is 9.08. The van der Waals surface area contributed by atoms with Gasteiger partial charge in [0.2, 0.25) is 0 Å². The molecule has 0 bridgehead atoms. The molecule has 1 unspecified atom stereocenters. The molecular weight excluding hydrogens is 192 g/mol. The van der Waals surface area contributed by atoms with Crippen LogP contribution in [0.3, 0.4) is 0 Å². The predicted octanol–water partition coefficient (Wildman–Crippen LogP) is 2.23. The summed E-state index contributed by atoms with van der Waals surface area (Å²) in [5.74, 6) is 0. The summed E-state index contributed by atoms with van der Waals surface area (Å²) in [6, 6.07) is 4.17. The summed E-state index contributed by atoms with van der Waals surface area (Å²) in [5.41, 5.74) is 2.33. The summed E-state index contributed by atoms with van der Waals surface area (Å²) in [7, 11) is 0. The molecule has 1 aromatic heterocycles. The largest absolute Gasteiger partial charge is 0.312 e. The lowest BCUT2D eigenvalue weighted by atomic mass is 10.2. The Kier molecular flexibility index (Phi) is 4.98. The number of rotatable bonds is 5. The summed E-state index contributed by atoms with van der Waals surface area (Å²) in [4.78, 5) is 4.25. The fraction of sp³-hybridized carbons (Fsp3) is 0.545. The van der Waals surface area contributed by atoms with Crippen LogP contribution < -0.4 is 5.32 Å². The molecule has 1 N–H and O–H groups in total. The number of hydrogen-bond acceptors (Lipinski definition) is 3. The van der Waals surface area contributed by atoms with E-state index in [0.717, 1.165) is 18.8 Å². The lowest BCUT2D eigenvalue weighted by Gasteiger charge is -2.09. The second kappa shape index (κ2) is 6.04. The van der Waals surface area contributed by atoms with Gasteiger partial charge in [0, 0.05) is 30.2 Å². The normalized spacial score (nSPS) is 12.8. The van der Waals surface area contributed by atoms with Crippen LogP contribution in [0, 0.1) is 6.92 Å². The first-order valence-electron chi connectivity index (χ1n) is 4.87. The van der Waals surface area contributed by atoms with E-state index in [-0.39, 0.29) is 0 Å². The van der Waals surface area contributed by atoms with Crippen molar-refractivity contribution in [1.29, 1.82) is 0 Å². The summed E-state index contributed by atoms with van der Waals surface area (Å²) >= 11 is 1.88. The molecule has 0 saturated heterocycles. The van der Waals surface area contributed by atoms with E-state index in [9.17, 15) is 0 Å². The van der Waals surface area contributed by atoms with Crippen LogP contribution in [0.15, 0.2) is 18.3 Å². The van der Waals surface area contributed by atoms with Crippen molar-refractivity contribution in [3.63, 3.8) is 0 Å². The zero-order valence-corrected chi connectivity index (χ0v) is 9.90. The summed E-state index contributed by atoms with van der Waals surface area (Å²) in [6.07, 6.45) is 4.08. The van der Waals surface area contributed by atoms with E-state index >= 15 is 0 Å². The van der Waals surface area contributed by atoms with E-state index in [0.29, 0.717) is 5.25 Å². The highest BCUT2D eigenvalue weighted by molar-refractivity contribution is 7.99. The van der Waals surface area contributed by atoms with E-state index in [1.165, 1.54) is 5.56 Å². The molecule has 3 heteroatoms. The number of thioether (sulfide) groups is 1. The minimum Gasteiger partial charge on any atom is -0.312 e. The third-order valence-corrected chi connectivity index (χ3v) is 3.11. The monoisotopic (exact) mass is 210 g/mol. The number of nitrogens with zero attached hydrogens (tertiary/aromatic N) is 1. The molecule has 1 aromatic rings. The van der Waals surface area contributed by atoms with Crippen molar-refractivity contribution in [2.45, 2.75) is 25.6 Å². The number of hydrogen-bond donors (Lipinski definition) is 1. The van der Waals surface area contributed by atoms with Crippen molar-refractivity contribution < 1.29 is 0 Å². The molecule has 0 aromatic carbocycles. The smallest absolute Gasteiger partial charge is 0.0372 e. The molecule has 0 amide bonds. The zero-order chi connectivity index (χ0) is 10.4. The Balaban J connectivity index is 2.28. The molecule has 0 aliphatic heterocycles. The molecule has 0 fully saturated rings. The summed E-state index contributed by atoms with van der Waals surface area (Å²) in [5, 5.41) is 4.09. The van der Waals surface area contributed by atoms with Gasteiger partial charge in [-0.1, -0.05) is 13.0 Å². The Morgan fingerprint density at radius 3 is 2.86 bits per heavy atom. The summed E-state index contributed by atoms with van der Waals surface area (Å²) in [6.45, 7) is 6.20. The van der Waals surface area contributed by atoms with Gasteiger partial charge in [-0.2, -0.15) is 11.8 Å². The fourth-order valence-electron chi connectivity index (χ4n) is 1.11. The second-order valence-electron chi connectivity index (χ2n) is 3.49. The Hall–Kier alpha value is -0.540. The van der Waals surface area contributed by atoms with Crippen LogP contribution in [0.25, 0.3) is 0 Å². The number of pyridine rings is 1. The minimum absolute atomic E-state index is 0.674. The third-order valence-electron chi connectivity index (χ3n) is 2.14. The molecule has 0 aliphatic carbocycles. The molecule has 0 saturated carbocycles. The Morgan fingerprint density at radius 2 is 2.29 bits per heavy atom. The SMILES string of the molecule is CSC(C)CNCc1ccc(C)nc1. The molecule has 1 heterocycles. The van der Waals surface area contributed by atoms with E-state index < -0.39 is 0 Å². The predicted molar refractivity (Wildman–Crippen MR) is 63.7 cm³/mol. The first-order chi connectivity index (χ1) is 6.72. The van der Waals surface area contributed by atoms with Crippen LogP contribution >= 0.6 is 11.8 Å². The van der Waals surface area contributed by atoms with Crippen LogP contribution in [-0.4, -0.2) is 23.0 Å². The van der Waals surface area contributed by atoms with Gasteiger partial charge in [-0.15, -0.1) is 0 Å². The molecule has 0 spiro atoms. The van der Waals surface area contributed by atoms with Crippen molar-refractivity contribution in [2.75, 3.05) is 12.8 Å². The van der Waals surface area contributed by atoms with Crippen LogP contribution in [-0.2, 0) is 6.54 Å². The van der Waals surface area contributed by atoms with Crippen molar-refractivity contribution in [3.8, 4) is 0 Å². The Labute approximate surface area is 90.5 Å². The first kappa shape index (κ1) is 11.5. The van der Waals surface area contributed by atoms with E-state index in [4.69, 9.17) is 0 Å². The average molecular weight is 210 g/mol. The molecule has 1 atom stereocenters. The second-order valence-corrected chi connectivity index (χ2v) is 4.76. The maximum atomic E-state index is 4.25. The van der Waals surface area contributed by atoms with Gasteiger partial charge in [-0.05, 0) is 24.8 Å². The highest BCUT2D eigenvalue weighted by Gasteiger charge is 1.98. The van der Waals surface area contributed by atoms with E-state index in [2.05, 4.69) is 35.6 Å². The molecule has 78 valence electrons. The standard InChI is InChI=1S/C11H18N2S/c1-9-4-5-11(8-13-9)7-12-6-10(2)14-3/h4-5,8,10,12H,6-7H2,1-3H3. The molecule has 14 heavy (non-hydrogen) atoms. The number of nitrogens with one attached hydrogen (secondary N) is 1. The van der Waals surface area contributed by atoms with E-state index in [1.54, 1.807) is 0 Å². The maximum absolute atomic E-state index is 4.25. The molecule has 2 nitrogen and oxygen atoms in total. The Morgan fingerprint density at radius 1 is 1.50 bits per heavy atom. The lowest BCUT2D eigenvalue weighted by molar-refractivity contribution is 0.682. The molecule has 0 radical (unpaired) electrons. The van der Waals surface area contributed by atoms with Gasteiger partial charge in [0.15, 0.2) is 0 Å². The molecular formula is C11H18N2S. The van der Waals surface area contributed by atoms with Crippen molar-refractivity contribution in [1.82, 2.24) is 10.3 Å². The van der Waals surface area contributed by atoms with Crippen molar-refractivity contribution in [2.24, 2.45) is 0 Å². The van der Waals surface area contributed by atoms with Crippen molar-refractivity contribution in [3.05, 3.63) is 29.6 Å². The van der Waals surface area contributed by atoms with Gasteiger partial charge in [0.05, 0.1) is 0 Å². The van der Waals surface area contributed by atoms with Gasteiger partial charge in [0.25, 0.3) is 0 Å². The minimum atomic E-state index is 0.674. The quantitative estimate of drug-likeness (QED) is 0.806. The van der Waals surface area contributed by atoms with Crippen molar-refractivity contribution >= 4 is 11.8 Å². The van der Waals surface area contributed by atoms with E-state index in [1.807, 2.05) is 24.9 Å². The van der Waals surface area contributed by atoms with Gasteiger partial charge < -0.3 is 5.32 Å². The fourth-order valence-corrected chi connectivity index (χ4v) is 1.39. The van der Waals surface area contributed by atoms with Gasteiger partial charge in [0.1, 0.15) is 0 Å².